The molecule has 148 valence electrons. The van der Waals surface area contributed by atoms with Gasteiger partial charge in [-0.2, -0.15) is 4.31 Å². The van der Waals surface area contributed by atoms with Gasteiger partial charge in [0, 0.05) is 31.2 Å². The molecule has 10 heteroatoms. The highest BCUT2D eigenvalue weighted by Gasteiger charge is 2.32. The van der Waals surface area contributed by atoms with Crippen molar-refractivity contribution in [1.82, 2.24) is 13.9 Å². The van der Waals surface area contributed by atoms with E-state index in [-0.39, 0.29) is 16.4 Å². The Labute approximate surface area is 167 Å². The Kier molecular flexibility index (Phi) is 4.68. The first-order valence-corrected chi connectivity index (χ1v) is 10.6. The molecule has 0 saturated carbocycles. The van der Waals surface area contributed by atoms with E-state index in [1.165, 1.54) is 17.3 Å². The number of nitrogens with zero attached hydrogens (tertiary/aromatic N) is 3. The zero-order valence-electron chi connectivity index (χ0n) is 15.4. The fourth-order valence-electron chi connectivity index (χ4n) is 3.35. The summed E-state index contributed by atoms with van der Waals surface area (Å²) in [6.45, 7) is 2.50. The monoisotopic (exact) mass is 422 g/mol. The van der Waals surface area contributed by atoms with Gasteiger partial charge >= 0.3 is 0 Å². The summed E-state index contributed by atoms with van der Waals surface area (Å²) < 4.78 is 34.1. The fourth-order valence-corrected chi connectivity index (χ4v) is 5.19. The summed E-state index contributed by atoms with van der Waals surface area (Å²) in [4.78, 5) is 17.0. The molecule has 0 unspecified atom stereocenters. The Hall–Kier alpha value is -2.36. The van der Waals surface area contributed by atoms with E-state index >= 15 is 0 Å². The van der Waals surface area contributed by atoms with Crippen LogP contribution in [0.25, 0.3) is 11.0 Å². The van der Waals surface area contributed by atoms with Gasteiger partial charge < -0.3 is 8.98 Å². The number of nitrogens with one attached hydrogen (secondary N) is 1. The summed E-state index contributed by atoms with van der Waals surface area (Å²) in [6.07, 6.45) is 1.67. The highest BCUT2D eigenvalue weighted by atomic mass is 35.5. The van der Waals surface area contributed by atoms with E-state index in [9.17, 15) is 13.2 Å². The first-order chi connectivity index (χ1) is 13.3. The predicted molar refractivity (Wildman–Crippen MR) is 105 cm³/mol. The zero-order valence-corrected chi connectivity index (χ0v) is 17.0. The van der Waals surface area contributed by atoms with Gasteiger partial charge in [-0.05, 0) is 38.0 Å². The van der Waals surface area contributed by atoms with Crippen LogP contribution in [0.3, 0.4) is 0 Å². The molecule has 0 aliphatic carbocycles. The van der Waals surface area contributed by atoms with Crippen LogP contribution in [-0.4, -0.2) is 41.3 Å². The topological polar surface area (TPSA) is 97.4 Å². The lowest BCUT2D eigenvalue weighted by molar-refractivity contribution is 0.0994. The number of halogens is 1. The number of benzene rings is 1. The third-order valence-electron chi connectivity index (χ3n) is 4.85. The Morgan fingerprint density at radius 1 is 1.25 bits per heavy atom. The molecule has 1 N–H and O–H groups in total. The van der Waals surface area contributed by atoms with Crippen molar-refractivity contribution in [3.05, 3.63) is 40.8 Å². The van der Waals surface area contributed by atoms with Gasteiger partial charge in [-0.25, -0.2) is 13.4 Å². The lowest BCUT2D eigenvalue weighted by Gasteiger charge is -2.14. The second-order valence-corrected chi connectivity index (χ2v) is 9.07. The molecule has 1 aliphatic rings. The molecule has 1 fully saturated rings. The van der Waals surface area contributed by atoms with Gasteiger partial charge in [0.2, 0.25) is 16.0 Å². The third-order valence-corrected chi connectivity index (χ3v) is 7.09. The van der Waals surface area contributed by atoms with E-state index < -0.39 is 15.9 Å². The van der Waals surface area contributed by atoms with Crippen molar-refractivity contribution < 1.29 is 17.6 Å². The van der Waals surface area contributed by atoms with Gasteiger partial charge in [-0.1, -0.05) is 11.6 Å². The zero-order chi connectivity index (χ0) is 20.1. The number of hydrogen-bond donors (Lipinski definition) is 1. The minimum atomic E-state index is -3.66. The van der Waals surface area contributed by atoms with E-state index in [0.29, 0.717) is 29.6 Å². The molecule has 0 atom stereocenters. The number of amides is 1. The van der Waals surface area contributed by atoms with Crippen molar-refractivity contribution >= 4 is 44.5 Å². The van der Waals surface area contributed by atoms with Crippen molar-refractivity contribution in [1.29, 1.82) is 0 Å². The first kappa shape index (κ1) is 19.0. The van der Waals surface area contributed by atoms with Crippen LogP contribution in [0.2, 0.25) is 5.02 Å². The molecule has 28 heavy (non-hydrogen) atoms. The molecule has 8 nitrogen and oxygen atoms in total. The molecule has 1 amide bonds. The maximum Gasteiger partial charge on any atom is 0.293 e. The standard InChI is InChI=1S/C18H19ClN4O4S/c1-11-16(28(25,26)23-7-3-4-8-23)10-15(27-11)17(24)21-18-20-13-9-12(19)5-6-14(13)22(18)2/h5-6,9-10H,3-4,7-8H2,1-2H3,(H,20,21,24). The van der Waals surface area contributed by atoms with Gasteiger partial charge in [0.25, 0.3) is 5.91 Å². The van der Waals surface area contributed by atoms with Crippen molar-refractivity contribution in [2.24, 2.45) is 7.05 Å². The lowest BCUT2D eigenvalue weighted by atomic mass is 10.3. The van der Waals surface area contributed by atoms with Gasteiger partial charge in [0.05, 0.1) is 11.0 Å². The van der Waals surface area contributed by atoms with E-state index in [1.54, 1.807) is 29.8 Å². The summed E-state index contributed by atoms with van der Waals surface area (Å²) in [6, 6.07) is 6.52. The largest absolute Gasteiger partial charge is 0.455 e. The van der Waals surface area contributed by atoms with Gasteiger partial charge in [-0.3, -0.25) is 10.1 Å². The summed E-state index contributed by atoms with van der Waals surface area (Å²) in [5.41, 5.74) is 1.44. The molecule has 0 radical (unpaired) electrons. The van der Waals surface area contributed by atoms with Crippen LogP contribution in [0.5, 0.6) is 0 Å². The number of aryl methyl sites for hydroxylation is 2. The average Bonchev–Trinajstić information content (AvgIpc) is 3.35. The minimum Gasteiger partial charge on any atom is -0.455 e. The van der Waals surface area contributed by atoms with Crippen molar-refractivity contribution in [2.45, 2.75) is 24.7 Å². The molecule has 0 bridgehead atoms. The highest BCUT2D eigenvalue weighted by molar-refractivity contribution is 7.89. The number of fused-ring (bicyclic) bond motifs is 1. The summed E-state index contributed by atoms with van der Waals surface area (Å²) in [5, 5.41) is 3.21. The number of furan rings is 1. The molecule has 0 spiro atoms. The second kappa shape index (κ2) is 6.91. The number of aromatic nitrogens is 2. The molecule has 1 aromatic carbocycles. The number of anilines is 1. The Bertz CT molecular complexity index is 1180. The normalized spacial score (nSPS) is 15.4. The van der Waals surface area contributed by atoms with Crippen LogP contribution < -0.4 is 5.32 Å². The number of imidazole rings is 1. The molecule has 3 heterocycles. The van der Waals surface area contributed by atoms with Crippen LogP contribution >= 0.6 is 11.6 Å². The van der Waals surface area contributed by atoms with E-state index in [2.05, 4.69) is 10.3 Å². The van der Waals surface area contributed by atoms with Gasteiger partial charge in [0.15, 0.2) is 5.76 Å². The van der Waals surface area contributed by atoms with Crippen LogP contribution in [-0.2, 0) is 17.1 Å². The number of hydrogen-bond acceptors (Lipinski definition) is 5. The molecule has 1 saturated heterocycles. The van der Waals surface area contributed by atoms with Gasteiger partial charge in [-0.15, -0.1) is 0 Å². The minimum absolute atomic E-state index is 0.0244. The number of rotatable bonds is 4. The molecule has 3 aromatic rings. The van der Waals surface area contributed by atoms with Crippen LogP contribution in [0.4, 0.5) is 5.95 Å². The van der Waals surface area contributed by atoms with E-state index in [0.717, 1.165) is 18.4 Å². The van der Waals surface area contributed by atoms with Crippen LogP contribution in [0.1, 0.15) is 29.2 Å². The average molecular weight is 423 g/mol. The fraction of sp³-hybridized carbons (Fsp3) is 0.333. The smallest absolute Gasteiger partial charge is 0.293 e. The van der Waals surface area contributed by atoms with Gasteiger partial charge in [0.1, 0.15) is 10.7 Å². The van der Waals surface area contributed by atoms with E-state index in [4.69, 9.17) is 16.0 Å². The Balaban J connectivity index is 1.62. The third kappa shape index (κ3) is 3.19. The van der Waals surface area contributed by atoms with Crippen molar-refractivity contribution in [2.75, 3.05) is 18.4 Å². The maximum absolute atomic E-state index is 12.8. The molecular formula is C18H19ClN4O4S. The van der Waals surface area contributed by atoms with Crippen LogP contribution in [0.15, 0.2) is 33.6 Å². The number of carbonyl (C=O) groups is 1. The lowest BCUT2D eigenvalue weighted by Crippen LogP contribution is -2.28. The van der Waals surface area contributed by atoms with E-state index in [1.807, 2.05) is 0 Å². The van der Waals surface area contributed by atoms with Crippen molar-refractivity contribution in [3.8, 4) is 0 Å². The highest BCUT2D eigenvalue weighted by Crippen LogP contribution is 2.27. The summed E-state index contributed by atoms with van der Waals surface area (Å²) in [7, 11) is -1.90. The first-order valence-electron chi connectivity index (χ1n) is 8.81. The van der Waals surface area contributed by atoms with Crippen molar-refractivity contribution in [3.63, 3.8) is 0 Å². The molecular weight excluding hydrogens is 404 g/mol. The Morgan fingerprint density at radius 3 is 2.68 bits per heavy atom. The molecule has 2 aromatic heterocycles. The predicted octanol–water partition coefficient (Wildman–Crippen LogP) is 3.16. The molecule has 1 aliphatic heterocycles. The number of carbonyl (C=O) groups excluding carboxylic acids is 1. The summed E-state index contributed by atoms with van der Waals surface area (Å²) in [5.74, 6) is -0.162. The number of sulfonamides is 1. The Morgan fingerprint density at radius 2 is 1.96 bits per heavy atom. The SMILES string of the molecule is Cc1oc(C(=O)Nc2nc3cc(Cl)ccc3n2C)cc1S(=O)(=O)N1CCCC1. The summed E-state index contributed by atoms with van der Waals surface area (Å²) >= 11 is 5.99. The molecule has 4 rings (SSSR count). The maximum atomic E-state index is 12.8. The second-order valence-electron chi connectivity index (χ2n) is 6.72. The van der Waals surface area contributed by atoms with Crippen LogP contribution in [0, 0.1) is 6.92 Å². The quantitative estimate of drug-likeness (QED) is 0.696.